The van der Waals surface area contributed by atoms with Crippen LogP contribution >= 0.6 is 0 Å². The maximum atomic E-state index is 4.33. The topological polar surface area (TPSA) is 25.8 Å². The van der Waals surface area contributed by atoms with E-state index in [0.717, 1.165) is 9.40 Å². The summed E-state index contributed by atoms with van der Waals surface area (Å²) in [7, 11) is 0. The average Bonchev–Trinajstić information content (AvgIpc) is 1.91. The van der Waals surface area contributed by atoms with Gasteiger partial charge in [-0.15, -0.1) is 0 Å². The number of hydrogen-bond donors (Lipinski definition) is 0. The van der Waals surface area contributed by atoms with Crippen LogP contribution in [0.3, 0.4) is 0 Å². The van der Waals surface area contributed by atoms with E-state index < -0.39 is 21.1 Å². The zero-order valence-electron chi connectivity index (χ0n) is 8.05. The summed E-state index contributed by atoms with van der Waals surface area (Å²) in [5.41, 5.74) is 1.15. The summed E-state index contributed by atoms with van der Waals surface area (Å²) in [6, 6.07) is 0. The van der Waals surface area contributed by atoms with Crippen LogP contribution in [0.4, 0.5) is 0 Å². The molecule has 0 atom stereocenters. The number of hydrogen-bond acceptors (Lipinski definition) is 2. The van der Waals surface area contributed by atoms with Gasteiger partial charge in [-0.3, -0.25) is 0 Å². The Hall–Kier alpha value is -0.121. The molecule has 1 aromatic heterocycles. The van der Waals surface area contributed by atoms with Crippen molar-refractivity contribution in [1.82, 2.24) is 9.97 Å². The van der Waals surface area contributed by atoms with Crippen LogP contribution in [-0.2, 0) is 0 Å². The fraction of sp³-hybridized carbons (Fsp3) is 0.556. The van der Waals surface area contributed by atoms with E-state index >= 15 is 0 Å². The summed E-state index contributed by atoms with van der Waals surface area (Å²) in [6.45, 7) is 8.82. The van der Waals surface area contributed by atoms with E-state index in [2.05, 4.69) is 30.7 Å². The molecule has 0 aliphatic heterocycles. The van der Waals surface area contributed by atoms with Gasteiger partial charge in [-0.25, -0.2) is 0 Å². The predicted octanol–water partition coefficient (Wildman–Crippen LogP) is 1.33. The monoisotopic (exact) mass is 270 g/mol. The normalized spacial score (nSPS) is 11.7. The van der Waals surface area contributed by atoms with Gasteiger partial charge >= 0.3 is 84.0 Å². The fourth-order valence-electron chi connectivity index (χ4n) is 0.793. The first-order valence-corrected chi connectivity index (χ1v) is 6.90. The van der Waals surface area contributed by atoms with Crippen molar-refractivity contribution < 1.29 is 0 Å². The first-order chi connectivity index (χ1) is 5.47. The molecule has 0 aliphatic carbocycles. The Morgan fingerprint density at radius 1 is 1.17 bits per heavy atom. The molecule has 1 rings (SSSR count). The zero-order chi connectivity index (χ0) is 9.19. The van der Waals surface area contributed by atoms with Gasteiger partial charge in [0, 0.05) is 0 Å². The predicted molar refractivity (Wildman–Crippen MR) is 51.9 cm³/mol. The van der Waals surface area contributed by atoms with Crippen LogP contribution in [-0.4, -0.2) is 31.1 Å². The van der Waals surface area contributed by atoms with Gasteiger partial charge in [0.15, 0.2) is 0 Å². The van der Waals surface area contributed by atoms with E-state index in [9.17, 15) is 0 Å². The summed E-state index contributed by atoms with van der Waals surface area (Å²) < 4.78 is 1.55. The molecule has 0 unspecified atom stereocenters. The second kappa shape index (κ2) is 3.73. The van der Waals surface area contributed by atoms with Gasteiger partial charge in [-0.05, 0) is 0 Å². The van der Waals surface area contributed by atoms with Crippen LogP contribution in [0.2, 0.25) is 3.43 Å². The average molecular weight is 269 g/mol. The molecule has 0 aromatic carbocycles. The SMILES string of the molecule is Cc1cn[c]([Sn][C](C)(C)C)nc1. The molecule has 0 saturated heterocycles. The number of aromatic nitrogens is 2. The van der Waals surface area contributed by atoms with Crippen LogP contribution in [0, 0.1) is 6.92 Å². The van der Waals surface area contributed by atoms with Gasteiger partial charge in [0.05, 0.1) is 0 Å². The molecule has 0 amide bonds. The molecule has 0 aliphatic rings. The molecule has 0 spiro atoms. The number of nitrogens with zero attached hydrogens (tertiary/aromatic N) is 2. The Morgan fingerprint density at radius 3 is 2.08 bits per heavy atom. The van der Waals surface area contributed by atoms with E-state index in [0.29, 0.717) is 3.43 Å². The van der Waals surface area contributed by atoms with Crippen LogP contribution < -0.4 is 3.84 Å². The van der Waals surface area contributed by atoms with Crippen molar-refractivity contribution in [3.8, 4) is 0 Å². The first-order valence-electron chi connectivity index (χ1n) is 4.04. The summed E-state index contributed by atoms with van der Waals surface area (Å²) in [5.74, 6) is 0. The standard InChI is InChI=1S/C5H5N2.C4H9.Sn/c1-5-2-6-4-7-3-5;1-4(2)3;/h2-3H,1H3;1-3H3;. The van der Waals surface area contributed by atoms with Crippen molar-refractivity contribution in [2.75, 3.05) is 0 Å². The van der Waals surface area contributed by atoms with Crippen LogP contribution in [0.25, 0.3) is 0 Å². The molecule has 0 bridgehead atoms. The van der Waals surface area contributed by atoms with Gasteiger partial charge < -0.3 is 0 Å². The Balaban J connectivity index is 2.71. The minimum atomic E-state index is -0.591. The quantitative estimate of drug-likeness (QED) is 0.719. The third-order valence-corrected chi connectivity index (χ3v) is 4.78. The second-order valence-corrected chi connectivity index (χ2v) is 10.2. The third-order valence-electron chi connectivity index (χ3n) is 1.27. The molecule has 3 heteroatoms. The molecular formula is C9H14N2Sn. The van der Waals surface area contributed by atoms with Crippen LogP contribution in [0.15, 0.2) is 12.4 Å². The fourth-order valence-corrected chi connectivity index (χ4v) is 3.44. The van der Waals surface area contributed by atoms with Gasteiger partial charge in [0.1, 0.15) is 0 Å². The summed E-state index contributed by atoms with van der Waals surface area (Å²) >= 11 is -0.591. The molecule has 12 heavy (non-hydrogen) atoms. The van der Waals surface area contributed by atoms with Gasteiger partial charge in [-0.2, -0.15) is 0 Å². The van der Waals surface area contributed by atoms with Crippen molar-refractivity contribution in [1.29, 1.82) is 0 Å². The molecule has 1 heterocycles. The maximum absolute atomic E-state index is 4.33. The van der Waals surface area contributed by atoms with E-state index in [1.54, 1.807) is 0 Å². The summed E-state index contributed by atoms with van der Waals surface area (Å²) in [6.07, 6.45) is 3.82. The van der Waals surface area contributed by atoms with Gasteiger partial charge in [0.2, 0.25) is 0 Å². The first kappa shape index (κ1) is 9.96. The second-order valence-electron chi connectivity index (χ2n) is 3.96. The Morgan fingerprint density at radius 2 is 1.67 bits per heavy atom. The van der Waals surface area contributed by atoms with E-state index in [1.165, 1.54) is 0 Å². The van der Waals surface area contributed by atoms with Crippen molar-refractivity contribution in [2.24, 2.45) is 0 Å². The van der Waals surface area contributed by atoms with Crippen molar-refractivity contribution in [3.05, 3.63) is 18.0 Å². The molecular weight excluding hydrogens is 255 g/mol. The molecule has 0 saturated carbocycles. The molecule has 2 nitrogen and oxygen atoms in total. The van der Waals surface area contributed by atoms with Gasteiger partial charge in [0.25, 0.3) is 0 Å². The zero-order valence-corrected chi connectivity index (χ0v) is 10.9. The van der Waals surface area contributed by atoms with Gasteiger partial charge in [-0.1, -0.05) is 0 Å². The summed E-state index contributed by atoms with van der Waals surface area (Å²) in [4.78, 5) is 8.66. The molecule has 0 fully saturated rings. The molecule has 0 N–H and O–H groups in total. The van der Waals surface area contributed by atoms with E-state index in [-0.39, 0.29) is 0 Å². The van der Waals surface area contributed by atoms with E-state index in [1.807, 2.05) is 19.3 Å². The van der Waals surface area contributed by atoms with E-state index in [4.69, 9.17) is 0 Å². The number of rotatable bonds is 1. The van der Waals surface area contributed by atoms with Crippen molar-refractivity contribution >= 4 is 25.0 Å². The summed E-state index contributed by atoms with van der Waals surface area (Å²) in [5, 5.41) is 0. The minimum absolute atomic E-state index is 0.443. The number of aryl methyl sites for hydroxylation is 1. The van der Waals surface area contributed by atoms with Crippen LogP contribution in [0.1, 0.15) is 26.3 Å². The van der Waals surface area contributed by atoms with Crippen LogP contribution in [0.5, 0.6) is 0 Å². The Bertz CT molecular complexity index is 248. The Labute approximate surface area is 84.0 Å². The molecule has 2 radical (unpaired) electrons. The third kappa shape index (κ3) is 3.52. The Kier molecular flexibility index (Phi) is 3.09. The molecule has 1 aromatic rings. The van der Waals surface area contributed by atoms with Crippen molar-refractivity contribution in [2.45, 2.75) is 31.1 Å². The van der Waals surface area contributed by atoms with Crippen molar-refractivity contribution in [3.63, 3.8) is 0 Å². The molecule has 64 valence electrons.